The fourth-order valence-corrected chi connectivity index (χ4v) is 4.97. The van der Waals surface area contributed by atoms with E-state index in [4.69, 9.17) is 9.47 Å². The first-order valence-corrected chi connectivity index (χ1v) is 10.5. The molecule has 1 N–H and O–H groups in total. The third kappa shape index (κ3) is 3.71. The third-order valence-corrected chi connectivity index (χ3v) is 6.37. The van der Waals surface area contributed by atoms with E-state index in [0.717, 1.165) is 11.3 Å². The van der Waals surface area contributed by atoms with Crippen molar-refractivity contribution in [3.63, 3.8) is 0 Å². The number of ether oxygens (including phenoxy) is 2. The van der Waals surface area contributed by atoms with Gasteiger partial charge >= 0.3 is 5.97 Å². The Morgan fingerprint density at radius 2 is 1.65 bits per heavy atom. The average molecular weight is 426 g/mol. The number of nitrogens with zero attached hydrogens (tertiary/aromatic N) is 1. The highest BCUT2D eigenvalue weighted by Gasteiger charge is 2.61. The predicted molar refractivity (Wildman–Crippen MR) is 111 cm³/mol. The van der Waals surface area contributed by atoms with Crippen LogP contribution in [-0.4, -0.2) is 48.3 Å². The maximum atomic E-state index is 13.0. The molecule has 0 unspecified atom stereocenters. The molecule has 2 aliphatic carbocycles. The zero-order valence-electron chi connectivity index (χ0n) is 17.7. The third-order valence-electron chi connectivity index (χ3n) is 6.37. The summed E-state index contributed by atoms with van der Waals surface area (Å²) in [5.41, 5.74) is 0.531. The molecule has 2 fully saturated rings. The number of allylic oxidation sites excluding steroid dienone is 2. The molecule has 0 aromatic heterocycles. The zero-order chi connectivity index (χ0) is 22.3. The number of imide groups is 1. The molecule has 3 amide bonds. The zero-order valence-corrected chi connectivity index (χ0v) is 17.7. The number of carbonyl (C=O) groups excluding carboxylic acids is 4. The minimum atomic E-state index is -1.04. The van der Waals surface area contributed by atoms with Crippen molar-refractivity contribution in [3.05, 3.63) is 36.4 Å². The van der Waals surface area contributed by atoms with Crippen LogP contribution in [0.1, 0.15) is 20.3 Å². The number of fused-ring (bicyclic) bond motifs is 5. The summed E-state index contributed by atoms with van der Waals surface area (Å²) >= 11 is 0. The second kappa shape index (κ2) is 8.17. The Kier molecular flexibility index (Phi) is 5.56. The summed E-state index contributed by atoms with van der Waals surface area (Å²) < 4.78 is 10.3. The molecule has 1 aliphatic heterocycles. The first-order valence-electron chi connectivity index (χ1n) is 10.5. The highest BCUT2D eigenvalue weighted by atomic mass is 16.5. The summed E-state index contributed by atoms with van der Waals surface area (Å²) in [6.07, 6.45) is 4.84. The molecule has 4 rings (SSSR count). The summed E-state index contributed by atoms with van der Waals surface area (Å²) in [4.78, 5) is 52.2. The predicted octanol–water partition coefficient (Wildman–Crippen LogP) is 2.01. The fourth-order valence-electron chi connectivity index (χ4n) is 4.97. The van der Waals surface area contributed by atoms with E-state index in [1.165, 1.54) is 0 Å². The number of esters is 1. The fraction of sp³-hybridized carbons (Fsp3) is 0.478. The Morgan fingerprint density at radius 3 is 2.16 bits per heavy atom. The normalized spacial score (nSPS) is 26.9. The minimum absolute atomic E-state index is 0.0653. The lowest BCUT2D eigenvalue weighted by Crippen LogP contribution is -2.50. The van der Waals surface area contributed by atoms with E-state index in [1.807, 2.05) is 12.2 Å². The second-order valence-electron chi connectivity index (χ2n) is 8.62. The van der Waals surface area contributed by atoms with Crippen molar-refractivity contribution in [1.29, 1.82) is 0 Å². The van der Waals surface area contributed by atoms with E-state index in [-0.39, 0.29) is 41.4 Å². The van der Waals surface area contributed by atoms with Crippen molar-refractivity contribution < 1.29 is 28.7 Å². The number of hydrogen-bond donors (Lipinski definition) is 1. The van der Waals surface area contributed by atoms with E-state index in [0.29, 0.717) is 11.4 Å². The molecule has 5 atom stereocenters. The Morgan fingerprint density at radius 1 is 1.06 bits per heavy atom. The number of anilines is 1. The van der Waals surface area contributed by atoms with Gasteiger partial charge in [0.1, 0.15) is 11.8 Å². The van der Waals surface area contributed by atoms with Crippen molar-refractivity contribution in [2.45, 2.75) is 26.3 Å². The van der Waals surface area contributed by atoms with Gasteiger partial charge < -0.3 is 14.8 Å². The smallest absolute Gasteiger partial charge is 0.330 e. The van der Waals surface area contributed by atoms with Crippen LogP contribution < -0.4 is 10.1 Å². The second-order valence-corrected chi connectivity index (χ2v) is 8.62. The molecule has 2 bridgehead atoms. The maximum Gasteiger partial charge on any atom is 0.330 e. The van der Waals surface area contributed by atoms with E-state index in [2.05, 4.69) is 5.32 Å². The molecule has 1 heterocycles. The molecule has 3 aliphatic rings. The SMILES string of the molecule is COc1ccc(NC(=O)COC(=O)[C@H](C(C)C)N2C(=O)[C@@H]3[C@@H](C2=O)[C@H]2C=C[C@H]3C2)cc1. The van der Waals surface area contributed by atoms with E-state index < -0.39 is 24.5 Å². The molecule has 164 valence electrons. The monoisotopic (exact) mass is 426 g/mol. The van der Waals surface area contributed by atoms with E-state index in [1.54, 1.807) is 45.2 Å². The van der Waals surface area contributed by atoms with Crippen LogP contribution in [0.25, 0.3) is 0 Å². The first-order chi connectivity index (χ1) is 14.8. The van der Waals surface area contributed by atoms with Crippen LogP contribution in [0.3, 0.4) is 0 Å². The molecule has 1 saturated heterocycles. The summed E-state index contributed by atoms with van der Waals surface area (Å²) in [6.45, 7) is 3.00. The number of nitrogens with one attached hydrogen (secondary N) is 1. The van der Waals surface area contributed by atoms with Gasteiger partial charge in [0, 0.05) is 5.69 Å². The van der Waals surface area contributed by atoms with Crippen LogP contribution in [0.15, 0.2) is 36.4 Å². The minimum Gasteiger partial charge on any atom is -0.497 e. The van der Waals surface area contributed by atoms with Crippen molar-refractivity contribution in [3.8, 4) is 5.75 Å². The molecule has 1 saturated carbocycles. The Labute approximate surface area is 180 Å². The van der Waals surface area contributed by atoms with Crippen molar-refractivity contribution in [2.75, 3.05) is 19.0 Å². The number of methoxy groups -OCH3 is 1. The molecular weight excluding hydrogens is 400 g/mol. The van der Waals surface area contributed by atoms with Crippen LogP contribution in [0.4, 0.5) is 5.69 Å². The molecule has 31 heavy (non-hydrogen) atoms. The Balaban J connectivity index is 1.39. The van der Waals surface area contributed by atoms with Gasteiger partial charge in [-0.15, -0.1) is 0 Å². The van der Waals surface area contributed by atoms with Gasteiger partial charge in [-0.1, -0.05) is 26.0 Å². The van der Waals surface area contributed by atoms with Gasteiger partial charge in [-0.3, -0.25) is 19.3 Å². The summed E-state index contributed by atoms with van der Waals surface area (Å²) in [5, 5.41) is 2.63. The lowest BCUT2D eigenvalue weighted by molar-refractivity contribution is -0.162. The van der Waals surface area contributed by atoms with Gasteiger partial charge in [-0.05, 0) is 48.4 Å². The Hall–Kier alpha value is -3.16. The molecule has 0 spiro atoms. The quantitative estimate of drug-likeness (QED) is 0.407. The van der Waals surface area contributed by atoms with Crippen LogP contribution in [0.2, 0.25) is 0 Å². The lowest BCUT2D eigenvalue weighted by atomic mass is 9.85. The molecule has 8 heteroatoms. The van der Waals surface area contributed by atoms with Crippen molar-refractivity contribution >= 4 is 29.4 Å². The van der Waals surface area contributed by atoms with Crippen molar-refractivity contribution in [2.24, 2.45) is 29.6 Å². The number of hydrogen-bond acceptors (Lipinski definition) is 6. The molecule has 8 nitrogen and oxygen atoms in total. The molecular formula is C23H26N2O6. The summed E-state index contributed by atoms with van der Waals surface area (Å²) in [5.74, 6) is -2.18. The topological polar surface area (TPSA) is 102 Å². The van der Waals surface area contributed by atoms with Gasteiger partial charge in [-0.2, -0.15) is 0 Å². The average Bonchev–Trinajstić information content (AvgIpc) is 3.42. The number of rotatable bonds is 7. The Bertz CT molecular complexity index is 908. The van der Waals surface area contributed by atoms with Gasteiger partial charge in [0.05, 0.1) is 18.9 Å². The highest BCUT2D eigenvalue weighted by Crippen LogP contribution is 2.53. The van der Waals surface area contributed by atoms with Crippen LogP contribution >= 0.6 is 0 Å². The van der Waals surface area contributed by atoms with Gasteiger partial charge in [0.2, 0.25) is 11.8 Å². The van der Waals surface area contributed by atoms with E-state index >= 15 is 0 Å². The van der Waals surface area contributed by atoms with Crippen LogP contribution in [0, 0.1) is 29.6 Å². The summed E-state index contributed by atoms with van der Waals surface area (Å²) in [7, 11) is 1.54. The highest BCUT2D eigenvalue weighted by molar-refractivity contribution is 6.09. The number of amides is 3. The largest absolute Gasteiger partial charge is 0.497 e. The van der Waals surface area contributed by atoms with Gasteiger partial charge in [-0.25, -0.2) is 4.79 Å². The van der Waals surface area contributed by atoms with Crippen LogP contribution in [0.5, 0.6) is 5.75 Å². The lowest BCUT2D eigenvalue weighted by Gasteiger charge is -2.28. The van der Waals surface area contributed by atoms with Crippen LogP contribution in [-0.2, 0) is 23.9 Å². The van der Waals surface area contributed by atoms with Gasteiger partial charge in [0.15, 0.2) is 6.61 Å². The molecule has 0 radical (unpaired) electrons. The van der Waals surface area contributed by atoms with Gasteiger partial charge in [0.25, 0.3) is 5.91 Å². The first kappa shape index (κ1) is 21.1. The number of benzene rings is 1. The number of carbonyl (C=O) groups is 4. The van der Waals surface area contributed by atoms with E-state index in [9.17, 15) is 19.2 Å². The maximum absolute atomic E-state index is 13.0. The molecule has 1 aromatic rings. The molecule has 1 aromatic carbocycles. The summed E-state index contributed by atoms with van der Waals surface area (Å²) in [6, 6.07) is 5.68. The van der Waals surface area contributed by atoms with Crippen molar-refractivity contribution in [1.82, 2.24) is 4.90 Å². The standard InChI is InChI=1S/C23H26N2O6/c1-12(2)20(25-21(27)18-13-4-5-14(10-13)19(18)22(25)28)23(29)31-11-17(26)24-15-6-8-16(30-3)9-7-15/h4-9,12-14,18-20H,10-11H2,1-3H3,(H,24,26)/t13-,14-,18-,19-,20-/m0/s1. The number of likely N-dealkylation sites (tertiary alicyclic amines) is 1.